The van der Waals surface area contributed by atoms with Crippen LogP contribution in [-0.4, -0.2) is 16.1 Å². The molecule has 0 saturated heterocycles. The lowest BCUT2D eigenvalue weighted by atomic mass is 10.1. The van der Waals surface area contributed by atoms with Gasteiger partial charge in [-0.15, -0.1) is 0 Å². The maximum absolute atomic E-state index is 6.35. The molecule has 2 aromatic rings. The zero-order valence-corrected chi connectivity index (χ0v) is 15.7. The van der Waals surface area contributed by atoms with Gasteiger partial charge in [0.05, 0.1) is 10.7 Å². The molecule has 0 heterocycles. The van der Waals surface area contributed by atoms with Crippen molar-refractivity contribution >= 4 is 46.2 Å². The predicted molar refractivity (Wildman–Crippen MR) is 107 cm³/mol. The van der Waals surface area contributed by atoms with Crippen LogP contribution in [0.1, 0.15) is 31.2 Å². The molecule has 1 N–H and O–H groups in total. The molecule has 1 aliphatic rings. The van der Waals surface area contributed by atoms with Crippen molar-refractivity contribution in [3.8, 4) is 0 Å². The van der Waals surface area contributed by atoms with Crippen LogP contribution in [0, 0.1) is 0 Å². The number of rotatable bonds is 4. The van der Waals surface area contributed by atoms with E-state index in [0.29, 0.717) is 22.7 Å². The van der Waals surface area contributed by atoms with Crippen LogP contribution in [0.25, 0.3) is 0 Å². The van der Waals surface area contributed by atoms with E-state index in [2.05, 4.69) is 16.3 Å². The van der Waals surface area contributed by atoms with Gasteiger partial charge < -0.3 is 10.2 Å². The highest BCUT2D eigenvalue weighted by atomic mass is 35.5. The second-order valence-electron chi connectivity index (χ2n) is 6.07. The third-order valence-electron chi connectivity index (χ3n) is 4.44. The molecule has 0 bridgehead atoms. The van der Waals surface area contributed by atoms with Gasteiger partial charge >= 0.3 is 0 Å². The van der Waals surface area contributed by atoms with Crippen LogP contribution in [0.2, 0.25) is 10.0 Å². The molecule has 1 fully saturated rings. The van der Waals surface area contributed by atoms with E-state index < -0.39 is 0 Å². The number of anilines is 1. The summed E-state index contributed by atoms with van der Waals surface area (Å²) in [4.78, 5) is 2.26. The van der Waals surface area contributed by atoms with E-state index in [0.717, 1.165) is 29.1 Å². The zero-order valence-electron chi connectivity index (χ0n) is 13.3. The molecule has 0 aromatic heterocycles. The highest BCUT2D eigenvalue weighted by Gasteiger charge is 2.25. The van der Waals surface area contributed by atoms with Gasteiger partial charge in [0, 0.05) is 17.6 Å². The molecule has 2 nitrogen and oxygen atoms in total. The Bertz CT molecular complexity index is 714. The number of hydrogen-bond donors (Lipinski definition) is 1. The fourth-order valence-electron chi connectivity index (χ4n) is 3.14. The molecular formula is C19H20Cl2N2S. The summed E-state index contributed by atoms with van der Waals surface area (Å²) in [5.74, 6) is 0. The van der Waals surface area contributed by atoms with Crippen LogP contribution in [-0.2, 0) is 6.54 Å². The van der Waals surface area contributed by atoms with Gasteiger partial charge in [0.2, 0.25) is 0 Å². The quantitative estimate of drug-likeness (QED) is 0.643. The molecule has 24 heavy (non-hydrogen) atoms. The topological polar surface area (TPSA) is 15.3 Å². The summed E-state index contributed by atoms with van der Waals surface area (Å²) in [5, 5.41) is 5.46. The predicted octanol–water partition coefficient (Wildman–Crippen LogP) is 6.14. The molecule has 126 valence electrons. The van der Waals surface area contributed by atoms with Gasteiger partial charge in [0.25, 0.3) is 0 Å². The molecule has 0 unspecified atom stereocenters. The Balaban J connectivity index is 1.80. The van der Waals surface area contributed by atoms with Crippen molar-refractivity contribution in [1.82, 2.24) is 4.90 Å². The van der Waals surface area contributed by atoms with Crippen molar-refractivity contribution < 1.29 is 0 Å². The standard InChI is InChI=1S/C19H20Cl2N2S/c20-16-10-4-1-7-14(16)13-23(15-8-2-3-9-15)19(24)22-18-12-6-5-11-17(18)21/h1,4-7,10-12,15H,2-3,8-9,13H2,(H,22,24). The number of thiocarbonyl (C=S) groups is 1. The Morgan fingerprint density at radius 2 is 1.62 bits per heavy atom. The number of halogens is 2. The van der Waals surface area contributed by atoms with E-state index >= 15 is 0 Å². The van der Waals surface area contributed by atoms with Gasteiger partial charge in [-0.2, -0.15) is 0 Å². The van der Waals surface area contributed by atoms with Crippen molar-refractivity contribution in [2.45, 2.75) is 38.3 Å². The number of benzene rings is 2. The van der Waals surface area contributed by atoms with Crippen LogP contribution in [0.3, 0.4) is 0 Å². The molecule has 0 radical (unpaired) electrons. The Kier molecular flexibility index (Phi) is 5.99. The summed E-state index contributed by atoms with van der Waals surface area (Å²) >= 11 is 18.3. The van der Waals surface area contributed by atoms with Gasteiger partial charge in [0.15, 0.2) is 5.11 Å². The molecule has 2 aromatic carbocycles. The summed E-state index contributed by atoms with van der Waals surface area (Å²) in [7, 11) is 0. The minimum atomic E-state index is 0.448. The molecule has 1 aliphatic carbocycles. The fraction of sp³-hybridized carbons (Fsp3) is 0.316. The number of para-hydroxylation sites is 1. The van der Waals surface area contributed by atoms with Crippen LogP contribution in [0.4, 0.5) is 5.69 Å². The van der Waals surface area contributed by atoms with E-state index in [9.17, 15) is 0 Å². The normalized spacial score (nSPS) is 14.6. The minimum absolute atomic E-state index is 0.448. The van der Waals surface area contributed by atoms with Gasteiger partial charge in [-0.05, 0) is 48.8 Å². The van der Waals surface area contributed by atoms with Crippen molar-refractivity contribution in [2.24, 2.45) is 0 Å². The van der Waals surface area contributed by atoms with Gasteiger partial charge in [-0.1, -0.05) is 66.4 Å². The van der Waals surface area contributed by atoms with Crippen molar-refractivity contribution in [3.63, 3.8) is 0 Å². The second kappa shape index (κ2) is 8.19. The summed E-state index contributed by atoms with van der Waals surface area (Å²) in [6, 6.07) is 16.1. The van der Waals surface area contributed by atoms with E-state index in [-0.39, 0.29) is 0 Å². The Hall–Kier alpha value is -1.29. The summed E-state index contributed by atoms with van der Waals surface area (Å²) < 4.78 is 0. The summed E-state index contributed by atoms with van der Waals surface area (Å²) in [6.45, 7) is 0.709. The van der Waals surface area contributed by atoms with Gasteiger partial charge in [-0.3, -0.25) is 0 Å². The first-order valence-corrected chi connectivity index (χ1v) is 9.37. The molecule has 0 amide bonds. The van der Waals surface area contributed by atoms with Crippen LogP contribution < -0.4 is 5.32 Å². The fourth-order valence-corrected chi connectivity index (χ4v) is 3.84. The third kappa shape index (κ3) is 4.21. The van der Waals surface area contributed by atoms with Gasteiger partial charge in [0.1, 0.15) is 0 Å². The average molecular weight is 379 g/mol. The molecular weight excluding hydrogens is 359 g/mol. The summed E-state index contributed by atoms with van der Waals surface area (Å²) in [6.07, 6.45) is 4.82. The summed E-state index contributed by atoms with van der Waals surface area (Å²) in [5.41, 5.74) is 1.93. The molecule has 0 aliphatic heterocycles. The number of hydrogen-bond acceptors (Lipinski definition) is 1. The first-order valence-electron chi connectivity index (χ1n) is 8.20. The third-order valence-corrected chi connectivity index (χ3v) is 5.48. The monoisotopic (exact) mass is 378 g/mol. The second-order valence-corrected chi connectivity index (χ2v) is 7.27. The smallest absolute Gasteiger partial charge is 0.174 e. The largest absolute Gasteiger partial charge is 0.342 e. The average Bonchev–Trinajstić information content (AvgIpc) is 3.10. The van der Waals surface area contributed by atoms with Crippen LogP contribution >= 0.6 is 35.4 Å². The molecule has 5 heteroatoms. The molecule has 0 spiro atoms. The van der Waals surface area contributed by atoms with Crippen LogP contribution in [0.15, 0.2) is 48.5 Å². The highest BCUT2D eigenvalue weighted by molar-refractivity contribution is 7.80. The molecule has 0 atom stereocenters. The SMILES string of the molecule is S=C(Nc1ccccc1Cl)N(Cc1ccccc1Cl)C1CCCC1. The van der Waals surface area contributed by atoms with Crippen molar-refractivity contribution in [3.05, 3.63) is 64.1 Å². The van der Waals surface area contributed by atoms with E-state index in [1.807, 2.05) is 42.5 Å². The lowest BCUT2D eigenvalue weighted by molar-refractivity contribution is 0.312. The molecule has 3 rings (SSSR count). The van der Waals surface area contributed by atoms with E-state index in [4.69, 9.17) is 35.4 Å². The zero-order chi connectivity index (χ0) is 16.9. The highest BCUT2D eigenvalue weighted by Crippen LogP contribution is 2.28. The lowest BCUT2D eigenvalue weighted by Gasteiger charge is -2.32. The van der Waals surface area contributed by atoms with Crippen molar-refractivity contribution in [1.29, 1.82) is 0 Å². The van der Waals surface area contributed by atoms with Crippen molar-refractivity contribution in [2.75, 3.05) is 5.32 Å². The first-order chi connectivity index (χ1) is 11.6. The molecule has 1 saturated carbocycles. The lowest BCUT2D eigenvalue weighted by Crippen LogP contribution is -2.41. The van der Waals surface area contributed by atoms with E-state index in [1.54, 1.807) is 0 Å². The maximum atomic E-state index is 6.35. The van der Waals surface area contributed by atoms with Gasteiger partial charge in [-0.25, -0.2) is 0 Å². The number of nitrogens with zero attached hydrogens (tertiary/aromatic N) is 1. The first kappa shape index (κ1) is 17.5. The minimum Gasteiger partial charge on any atom is -0.342 e. The Morgan fingerprint density at radius 1 is 1.00 bits per heavy atom. The Morgan fingerprint density at radius 3 is 2.29 bits per heavy atom. The Labute approximate surface area is 158 Å². The maximum Gasteiger partial charge on any atom is 0.174 e. The number of nitrogens with one attached hydrogen (secondary N) is 1. The van der Waals surface area contributed by atoms with E-state index in [1.165, 1.54) is 12.8 Å². The van der Waals surface area contributed by atoms with Crippen LogP contribution in [0.5, 0.6) is 0 Å².